The Kier molecular flexibility index (Phi) is 7.35. The quantitative estimate of drug-likeness (QED) is 0.365. The van der Waals surface area contributed by atoms with E-state index in [0.717, 1.165) is 59.7 Å². The third-order valence-electron chi connectivity index (χ3n) is 7.40. The maximum absolute atomic E-state index is 6.34. The Morgan fingerprint density at radius 3 is 2.71 bits per heavy atom. The number of rotatable bonds is 7. The van der Waals surface area contributed by atoms with Crippen LogP contribution in [-0.2, 0) is 13.0 Å². The second-order valence-corrected chi connectivity index (χ2v) is 9.56. The van der Waals surface area contributed by atoms with Crippen LogP contribution in [0.2, 0.25) is 0 Å². The van der Waals surface area contributed by atoms with Crippen LogP contribution >= 0.6 is 0 Å². The van der Waals surface area contributed by atoms with Crippen LogP contribution in [0.4, 0.5) is 0 Å². The summed E-state index contributed by atoms with van der Waals surface area (Å²) in [5.41, 5.74) is 3.71. The number of aryl methyl sites for hydroxylation is 2. The Labute approximate surface area is 217 Å². The number of methoxy groups -OCH3 is 1. The standard InChI is InChI=1S/C28H33N2O4.BrH/c1-31-25-9-8-19-14-24-22-16-27-26(33-18-34-27)15-20(22)10-12-30(24)17-23(19)28(25)32-13-5-11-29-21-6-3-2-4-7-21;/h8-9,14-17,21,29H,2-7,10-13,18H2,1H3;1H/q+1;/p-1. The number of benzene rings is 2. The van der Waals surface area contributed by atoms with Crippen molar-refractivity contribution in [1.29, 1.82) is 0 Å². The van der Waals surface area contributed by atoms with Gasteiger partial charge in [0.2, 0.25) is 12.5 Å². The zero-order valence-electron chi connectivity index (χ0n) is 20.3. The smallest absolute Gasteiger partial charge is 0.231 e. The lowest BCUT2D eigenvalue weighted by atomic mass is 9.95. The van der Waals surface area contributed by atoms with Crippen LogP contribution in [-0.4, -0.2) is 33.1 Å². The number of hydrogen-bond acceptors (Lipinski definition) is 5. The molecule has 186 valence electrons. The van der Waals surface area contributed by atoms with E-state index in [0.29, 0.717) is 19.4 Å². The topological polar surface area (TPSA) is 52.8 Å². The summed E-state index contributed by atoms with van der Waals surface area (Å²) in [6.07, 6.45) is 10.9. The molecule has 1 aliphatic carbocycles. The number of aromatic nitrogens is 1. The van der Waals surface area contributed by atoms with Crippen LogP contribution in [0, 0.1) is 0 Å². The summed E-state index contributed by atoms with van der Waals surface area (Å²) in [7, 11) is 1.71. The van der Waals surface area contributed by atoms with Gasteiger partial charge in [-0.2, -0.15) is 4.57 Å². The molecule has 3 aliphatic rings. The molecule has 35 heavy (non-hydrogen) atoms. The lowest BCUT2D eigenvalue weighted by molar-refractivity contribution is -0.686. The zero-order valence-corrected chi connectivity index (χ0v) is 21.9. The molecule has 0 saturated heterocycles. The molecule has 7 heteroatoms. The highest BCUT2D eigenvalue weighted by molar-refractivity contribution is 5.91. The van der Waals surface area contributed by atoms with Gasteiger partial charge < -0.3 is 41.2 Å². The molecule has 0 amide bonds. The van der Waals surface area contributed by atoms with Gasteiger partial charge in [0.05, 0.1) is 24.7 Å². The van der Waals surface area contributed by atoms with Gasteiger partial charge in [-0.15, -0.1) is 0 Å². The first-order valence-corrected chi connectivity index (χ1v) is 12.6. The first kappa shape index (κ1) is 24.2. The molecular formula is C28H33BrN2O4. The van der Waals surface area contributed by atoms with E-state index in [1.54, 1.807) is 7.11 Å². The lowest BCUT2D eigenvalue weighted by Gasteiger charge is -2.22. The van der Waals surface area contributed by atoms with Gasteiger partial charge in [-0.05, 0) is 61.0 Å². The van der Waals surface area contributed by atoms with Gasteiger partial charge in [0.1, 0.15) is 0 Å². The van der Waals surface area contributed by atoms with Crippen LogP contribution in [0.25, 0.3) is 22.0 Å². The van der Waals surface area contributed by atoms with Crippen molar-refractivity contribution in [3.63, 3.8) is 0 Å². The van der Waals surface area contributed by atoms with Gasteiger partial charge in [-0.1, -0.05) is 19.3 Å². The molecule has 3 aromatic rings. The minimum Gasteiger partial charge on any atom is -1.00 e. The van der Waals surface area contributed by atoms with Gasteiger partial charge in [0, 0.05) is 18.5 Å². The van der Waals surface area contributed by atoms with E-state index >= 15 is 0 Å². The van der Waals surface area contributed by atoms with Gasteiger partial charge in [0.15, 0.2) is 35.7 Å². The Morgan fingerprint density at radius 1 is 1.06 bits per heavy atom. The minimum absolute atomic E-state index is 0. The zero-order chi connectivity index (χ0) is 22.9. The van der Waals surface area contributed by atoms with Crippen molar-refractivity contribution in [2.45, 2.75) is 57.5 Å². The number of halogens is 1. The summed E-state index contributed by atoms with van der Waals surface area (Å²) in [6.45, 7) is 2.88. The number of nitrogens with zero attached hydrogens (tertiary/aromatic N) is 1. The molecule has 6 rings (SSSR count). The molecule has 0 unspecified atom stereocenters. The van der Waals surface area contributed by atoms with E-state index in [2.05, 4.69) is 40.3 Å². The molecule has 1 N–H and O–H groups in total. The van der Waals surface area contributed by atoms with Crippen molar-refractivity contribution >= 4 is 10.8 Å². The van der Waals surface area contributed by atoms with Gasteiger partial charge >= 0.3 is 0 Å². The molecule has 0 bridgehead atoms. The van der Waals surface area contributed by atoms with E-state index < -0.39 is 0 Å². The number of fused-ring (bicyclic) bond motifs is 5. The fourth-order valence-electron chi connectivity index (χ4n) is 5.57. The van der Waals surface area contributed by atoms with Crippen LogP contribution in [0.1, 0.15) is 44.1 Å². The molecule has 0 spiro atoms. The second-order valence-electron chi connectivity index (χ2n) is 9.56. The van der Waals surface area contributed by atoms with Crippen LogP contribution in [0.5, 0.6) is 23.0 Å². The summed E-state index contributed by atoms with van der Waals surface area (Å²) >= 11 is 0. The maximum atomic E-state index is 6.34. The minimum atomic E-state index is 0. The van der Waals surface area contributed by atoms with Crippen molar-refractivity contribution < 1.29 is 40.5 Å². The third-order valence-corrected chi connectivity index (χ3v) is 7.40. The monoisotopic (exact) mass is 540 g/mol. The molecule has 3 heterocycles. The fraction of sp³-hybridized carbons (Fsp3) is 0.464. The lowest BCUT2D eigenvalue weighted by Crippen LogP contribution is -3.00. The van der Waals surface area contributed by atoms with Crippen LogP contribution < -0.4 is 45.8 Å². The van der Waals surface area contributed by atoms with Gasteiger partial charge in [0.25, 0.3) is 0 Å². The highest BCUT2D eigenvalue weighted by Gasteiger charge is 2.28. The van der Waals surface area contributed by atoms with E-state index in [9.17, 15) is 0 Å². The number of hydrogen-bond donors (Lipinski definition) is 1. The molecule has 6 nitrogen and oxygen atoms in total. The maximum Gasteiger partial charge on any atom is 0.231 e. The van der Waals surface area contributed by atoms with E-state index in [4.69, 9.17) is 18.9 Å². The third kappa shape index (κ3) is 4.81. The summed E-state index contributed by atoms with van der Waals surface area (Å²) in [4.78, 5) is 0. The predicted molar refractivity (Wildman–Crippen MR) is 131 cm³/mol. The van der Waals surface area contributed by atoms with Crippen molar-refractivity contribution in [3.8, 4) is 34.3 Å². The second kappa shape index (κ2) is 10.6. The molecular weight excluding hydrogens is 508 g/mol. The SMILES string of the molecule is COc1ccc2cc3[n+](cc2c1OCCCNC1CCCCC1)CCc1cc2c(cc1-3)OCO2.[Br-]. The van der Waals surface area contributed by atoms with E-state index in [1.807, 2.05) is 6.07 Å². The number of nitrogens with one attached hydrogen (secondary N) is 1. The normalized spacial score (nSPS) is 16.4. The largest absolute Gasteiger partial charge is 1.00 e. The Bertz CT molecular complexity index is 1210. The molecule has 0 radical (unpaired) electrons. The number of pyridine rings is 1. The van der Waals surface area contributed by atoms with Crippen molar-refractivity contribution in [2.24, 2.45) is 0 Å². The molecule has 1 fully saturated rings. The Hall–Kier alpha value is -2.51. The first-order chi connectivity index (χ1) is 16.8. The van der Waals surface area contributed by atoms with E-state index in [-0.39, 0.29) is 17.0 Å². The molecule has 1 aromatic heterocycles. The van der Waals surface area contributed by atoms with Crippen molar-refractivity contribution in [1.82, 2.24) is 5.32 Å². The molecule has 1 saturated carbocycles. The Morgan fingerprint density at radius 2 is 1.89 bits per heavy atom. The molecule has 2 aliphatic heterocycles. The van der Waals surface area contributed by atoms with E-state index in [1.165, 1.54) is 48.9 Å². The van der Waals surface area contributed by atoms with Crippen LogP contribution in [0.3, 0.4) is 0 Å². The van der Waals surface area contributed by atoms with Crippen molar-refractivity contribution in [3.05, 3.63) is 42.1 Å². The fourth-order valence-corrected chi connectivity index (χ4v) is 5.57. The average Bonchev–Trinajstić information content (AvgIpc) is 3.34. The predicted octanol–water partition coefficient (Wildman–Crippen LogP) is 1.78. The highest BCUT2D eigenvalue weighted by Crippen LogP contribution is 2.41. The Balaban J connectivity index is 0.00000253. The summed E-state index contributed by atoms with van der Waals surface area (Å²) < 4.78 is 25.6. The number of ether oxygens (including phenoxy) is 4. The average molecular weight is 541 g/mol. The molecule has 2 aromatic carbocycles. The first-order valence-electron chi connectivity index (χ1n) is 12.6. The highest BCUT2D eigenvalue weighted by atomic mass is 79.9. The molecule has 0 atom stereocenters. The summed E-state index contributed by atoms with van der Waals surface area (Å²) in [5.74, 6) is 3.30. The summed E-state index contributed by atoms with van der Waals surface area (Å²) in [5, 5.41) is 5.94. The summed E-state index contributed by atoms with van der Waals surface area (Å²) in [6, 6.07) is 11.3. The van der Waals surface area contributed by atoms with Gasteiger partial charge in [-0.3, -0.25) is 0 Å². The van der Waals surface area contributed by atoms with Crippen LogP contribution in [0.15, 0.2) is 36.5 Å². The van der Waals surface area contributed by atoms with Gasteiger partial charge in [-0.25, -0.2) is 0 Å². The van der Waals surface area contributed by atoms with Crippen molar-refractivity contribution in [2.75, 3.05) is 27.1 Å².